The Labute approximate surface area is 120 Å². The topological polar surface area (TPSA) is 20.2 Å². The lowest BCUT2D eigenvalue weighted by Gasteiger charge is -2.14. The molecule has 18 heavy (non-hydrogen) atoms. The zero-order valence-corrected chi connectivity index (χ0v) is 12.6. The van der Waals surface area contributed by atoms with Gasteiger partial charge < -0.3 is 5.11 Å². The van der Waals surface area contributed by atoms with E-state index in [-0.39, 0.29) is 5.82 Å². The van der Waals surface area contributed by atoms with E-state index in [1.165, 1.54) is 37.8 Å². The number of hydrogen-bond acceptors (Lipinski definition) is 2. The van der Waals surface area contributed by atoms with Crippen molar-refractivity contribution >= 4 is 27.7 Å². The first-order chi connectivity index (χ1) is 8.65. The highest BCUT2D eigenvalue weighted by Gasteiger charge is 2.17. The summed E-state index contributed by atoms with van der Waals surface area (Å²) in [6.45, 7) is 0. The van der Waals surface area contributed by atoms with Gasteiger partial charge in [0.05, 0.1) is 6.10 Å². The Bertz CT molecular complexity index is 393. The molecule has 0 bridgehead atoms. The van der Waals surface area contributed by atoms with Gasteiger partial charge in [0.1, 0.15) is 5.82 Å². The molecule has 4 heteroatoms. The summed E-state index contributed by atoms with van der Waals surface area (Å²) in [4.78, 5) is 0. The molecule has 0 amide bonds. The molecule has 0 aromatic heterocycles. The zero-order chi connectivity index (χ0) is 13.0. The molecule has 1 aliphatic carbocycles. The van der Waals surface area contributed by atoms with Crippen molar-refractivity contribution in [1.82, 2.24) is 0 Å². The van der Waals surface area contributed by atoms with Gasteiger partial charge in [0.15, 0.2) is 0 Å². The van der Waals surface area contributed by atoms with Crippen LogP contribution in [-0.4, -0.2) is 22.2 Å². The van der Waals surface area contributed by atoms with E-state index in [4.69, 9.17) is 0 Å². The van der Waals surface area contributed by atoms with Crippen LogP contribution in [-0.2, 0) is 6.42 Å². The number of benzene rings is 1. The third-order valence-electron chi connectivity index (χ3n) is 3.29. The van der Waals surface area contributed by atoms with Gasteiger partial charge in [-0.3, -0.25) is 0 Å². The smallest absolute Gasteiger partial charge is 0.123 e. The summed E-state index contributed by atoms with van der Waals surface area (Å²) < 4.78 is 14.0. The normalized spacial score (nSPS) is 18.2. The molecule has 1 aromatic rings. The van der Waals surface area contributed by atoms with Crippen LogP contribution in [0, 0.1) is 5.82 Å². The second kappa shape index (κ2) is 6.92. The summed E-state index contributed by atoms with van der Waals surface area (Å²) in [6.07, 6.45) is 5.32. The SMILES string of the molecule is OC(CSC1CCCC1)Cc1cc(F)ccc1Br. The first kappa shape index (κ1) is 14.4. The van der Waals surface area contributed by atoms with Crippen LogP contribution in [0.15, 0.2) is 22.7 Å². The summed E-state index contributed by atoms with van der Waals surface area (Å²) in [5, 5.41) is 10.7. The summed E-state index contributed by atoms with van der Waals surface area (Å²) in [7, 11) is 0. The zero-order valence-electron chi connectivity index (χ0n) is 10.2. The summed E-state index contributed by atoms with van der Waals surface area (Å²) in [6, 6.07) is 4.61. The number of halogens is 2. The van der Waals surface area contributed by atoms with Gasteiger partial charge in [-0.15, -0.1) is 0 Å². The summed E-state index contributed by atoms with van der Waals surface area (Å²) in [5.41, 5.74) is 0.842. The van der Waals surface area contributed by atoms with E-state index in [0.29, 0.717) is 6.42 Å². The fourth-order valence-electron chi connectivity index (χ4n) is 2.31. The van der Waals surface area contributed by atoms with Crippen LogP contribution in [0.5, 0.6) is 0 Å². The maximum absolute atomic E-state index is 13.1. The van der Waals surface area contributed by atoms with E-state index in [9.17, 15) is 9.50 Å². The van der Waals surface area contributed by atoms with Crippen LogP contribution < -0.4 is 0 Å². The van der Waals surface area contributed by atoms with Gasteiger partial charge in [0.25, 0.3) is 0 Å². The number of aliphatic hydroxyl groups is 1. The van der Waals surface area contributed by atoms with Crippen LogP contribution in [0.25, 0.3) is 0 Å². The minimum atomic E-state index is -0.395. The first-order valence-corrected chi connectivity index (χ1v) is 8.23. The average molecular weight is 333 g/mol. The van der Waals surface area contributed by atoms with Crippen molar-refractivity contribution < 1.29 is 9.50 Å². The number of aliphatic hydroxyl groups excluding tert-OH is 1. The molecule has 0 heterocycles. The van der Waals surface area contributed by atoms with Gasteiger partial charge >= 0.3 is 0 Å². The molecule has 1 atom stereocenters. The van der Waals surface area contributed by atoms with Crippen molar-refractivity contribution in [2.45, 2.75) is 43.5 Å². The summed E-state index contributed by atoms with van der Waals surface area (Å²) >= 11 is 5.25. The lowest BCUT2D eigenvalue weighted by Crippen LogP contribution is -2.16. The van der Waals surface area contributed by atoms with Crippen LogP contribution in [0.4, 0.5) is 4.39 Å². The van der Waals surface area contributed by atoms with Crippen molar-refractivity contribution in [3.63, 3.8) is 0 Å². The van der Waals surface area contributed by atoms with Gasteiger partial charge in [0, 0.05) is 21.9 Å². The standard InChI is InChI=1S/C14H18BrFOS/c15-14-6-5-11(16)7-10(14)8-12(17)9-18-13-3-1-2-4-13/h5-7,12-13,17H,1-4,8-9H2. The van der Waals surface area contributed by atoms with Crippen LogP contribution in [0.2, 0.25) is 0 Å². The van der Waals surface area contributed by atoms with Crippen LogP contribution in [0.1, 0.15) is 31.2 Å². The van der Waals surface area contributed by atoms with Crippen LogP contribution in [0.3, 0.4) is 0 Å². The van der Waals surface area contributed by atoms with Gasteiger partial charge in [0.2, 0.25) is 0 Å². The average Bonchev–Trinajstić information content (AvgIpc) is 2.84. The number of thioether (sulfide) groups is 1. The fourth-order valence-corrected chi connectivity index (χ4v) is 4.00. The fraction of sp³-hybridized carbons (Fsp3) is 0.571. The van der Waals surface area contributed by atoms with Crippen molar-refractivity contribution in [3.05, 3.63) is 34.1 Å². The van der Waals surface area contributed by atoms with Crippen molar-refractivity contribution in [1.29, 1.82) is 0 Å². The Morgan fingerprint density at radius 3 is 2.83 bits per heavy atom. The van der Waals surface area contributed by atoms with E-state index in [2.05, 4.69) is 15.9 Å². The number of hydrogen-bond donors (Lipinski definition) is 1. The molecule has 0 saturated heterocycles. The molecule has 1 unspecified atom stereocenters. The Hall–Kier alpha value is -0.0600. The Morgan fingerprint density at radius 1 is 1.39 bits per heavy atom. The Balaban J connectivity index is 1.82. The van der Waals surface area contributed by atoms with E-state index in [1.807, 2.05) is 11.8 Å². The molecule has 1 N–H and O–H groups in total. The van der Waals surface area contributed by atoms with Gasteiger partial charge in [-0.2, -0.15) is 11.8 Å². The molecule has 1 aromatic carbocycles. The second-order valence-corrected chi connectivity index (χ2v) is 7.02. The first-order valence-electron chi connectivity index (χ1n) is 6.39. The number of rotatable bonds is 5. The maximum atomic E-state index is 13.1. The van der Waals surface area contributed by atoms with Crippen molar-refractivity contribution in [3.8, 4) is 0 Å². The lowest BCUT2D eigenvalue weighted by molar-refractivity contribution is 0.199. The van der Waals surface area contributed by atoms with Gasteiger partial charge in [-0.25, -0.2) is 4.39 Å². The highest BCUT2D eigenvalue weighted by molar-refractivity contribution is 9.10. The molecule has 1 nitrogen and oxygen atoms in total. The van der Waals surface area contributed by atoms with E-state index < -0.39 is 6.10 Å². The summed E-state index contributed by atoms with van der Waals surface area (Å²) in [5.74, 6) is 0.497. The third kappa shape index (κ3) is 4.25. The quantitative estimate of drug-likeness (QED) is 0.873. The van der Waals surface area contributed by atoms with Gasteiger partial charge in [-0.1, -0.05) is 28.8 Å². The largest absolute Gasteiger partial charge is 0.392 e. The predicted octanol–water partition coefficient (Wildman–Crippen LogP) is 4.17. The van der Waals surface area contributed by atoms with Crippen molar-refractivity contribution in [2.24, 2.45) is 0 Å². The predicted molar refractivity (Wildman–Crippen MR) is 78.5 cm³/mol. The van der Waals surface area contributed by atoms with Crippen molar-refractivity contribution in [2.75, 3.05) is 5.75 Å². The molecule has 2 rings (SSSR count). The lowest BCUT2D eigenvalue weighted by atomic mass is 10.1. The second-order valence-electron chi connectivity index (χ2n) is 4.83. The molecule has 1 fully saturated rings. The monoisotopic (exact) mass is 332 g/mol. The third-order valence-corrected chi connectivity index (χ3v) is 5.58. The minimum Gasteiger partial charge on any atom is -0.392 e. The van der Waals surface area contributed by atoms with Crippen LogP contribution >= 0.6 is 27.7 Å². The minimum absolute atomic E-state index is 0.246. The highest BCUT2D eigenvalue weighted by Crippen LogP contribution is 2.30. The van der Waals surface area contributed by atoms with E-state index in [1.54, 1.807) is 6.07 Å². The maximum Gasteiger partial charge on any atom is 0.123 e. The molecular formula is C14H18BrFOS. The molecular weight excluding hydrogens is 315 g/mol. The molecule has 0 spiro atoms. The molecule has 100 valence electrons. The van der Waals surface area contributed by atoms with Gasteiger partial charge in [-0.05, 0) is 36.6 Å². The molecule has 1 saturated carbocycles. The Morgan fingerprint density at radius 2 is 2.11 bits per heavy atom. The highest BCUT2D eigenvalue weighted by atomic mass is 79.9. The Kier molecular flexibility index (Phi) is 5.52. The molecule has 0 radical (unpaired) electrons. The molecule has 0 aliphatic heterocycles. The molecule has 1 aliphatic rings. The van der Waals surface area contributed by atoms with E-state index >= 15 is 0 Å². The van der Waals surface area contributed by atoms with E-state index in [0.717, 1.165) is 21.0 Å².